The predicted molar refractivity (Wildman–Crippen MR) is 139 cm³/mol. The van der Waals surface area contributed by atoms with Crippen molar-refractivity contribution in [2.24, 2.45) is 0 Å². The highest BCUT2D eigenvalue weighted by atomic mass is 32.2. The quantitative estimate of drug-likeness (QED) is 0.327. The summed E-state index contributed by atoms with van der Waals surface area (Å²) in [5, 5.41) is 1.66. The molecule has 0 saturated carbocycles. The Hall–Kier alpha value is -4.08. The minimum atomic E-state index is -4.16. The fraction of sp³-hybridized carbons (Fsp3) is 0.179. The first-order valence-corrected chi connectivity index (χ1v) is 13.3. The smallest absolute Gasteiger partial charge is 0.252 e. The molecular weight excluding hydrogens is 490 g/mol. The van der Waals surface area contributed by atoms with Gasteiger partial charge in [0.2, 0.25) is 15.9 Å². The highest BCUT2D eigenvalue weighted by Gasteiger charge is 2.47. The molecule has 8 nitrogen and oxygen atoms in total. The van der Waals surface area contributed by atoms with Crippen LogP contribution in [0.2, 0.25) is 0 Å². The second-order valence-corrected chi connectivity index (χ2v) is 10.5. The Morgan fingerprint density at radius 3 is 2.43 bits per heavy atom. The third kappa shape index (κ3) is 4.83. The molecule has 4 aromatic rings. The van der Waals surface area contributed by atoms with Crippen LogP contribution in [0, 0.1) is 0 Å². The Kier molecular flexibility index (Phi) is 6.73. The summed E-state index contributed by atoms with van der Waals surface area (Å²) in [6.07, 6.45) is 2.87. The molecule has 1 atom stereocenters. The summed E-state index contributed by atoms with van der Waals surface area (Å²) in [5.41, 5.74) is 0.969. The Labute approximate surface area is 215 Å². The molecule has 0 N–H and O–H groups in total. The van der Waals surface area contributed by atoms with Crippen molar-refractivity contribution in [1.29, 1.82) is 0 Å². The summed E-state index contributed by atoms with van der Waals surface area (Å²) >= 11 is 0. The van der Waals surface area contributed by atoms with Crippen LogP contribution in [0.1, 0.15) is 18.9 Å². The number of fused-ring (bicyclic) bond motifs is 1. The number of hydrogen-bond donors (Lipinski definition) is 0. The van der Waals surface area contributed by atoms with Crippen LogP contribution in [0.25, 0.3) is 10.8 Å². The topological polar surface area (TPSA) is 96.9 Å². The van der Waals surface area contributed by atoms with Crippen LogP contribution < -0.4 is 9.64 Å². The van der Waals surface area contributed by atoms with Crippen molar-refractivity contribution in [1.82, 2.24) is 9.29 Å². The SMILES string of the molecule is CCOc1ccc(N2C(=O)CC(N(Cc3cccnc3)S(=O)(=O)c3ccc4ccccc4c3)C2=O)cc1. The van der Waals surface area contributed by atoms with Crippen LogP contribution in [-0.4, -0.2) is 42.2 Å². The van der Waals surface area contributed by atoms with Crippen molar-refractivity contribution in [2.45, 2.75) is 30.8 Å². The minimum Gasteiger partial charge on any atom is -0.494 e. The fourth-order valence-corrected chi connectivity index (χ4v) is 6.07. The van der Waals surface area contributed by atoms with Gasteiger partial charge in [-0.3, -0.25) is 14.6 Å². The van der Waals surface area contributed by atoms with Gasteiger partial charge in [-0.05, 0) is 65.7 Å². The summed E-state index contributed by atoms with van der Waals surface area (Å²) in [5.74, 6) is -0.453. The number of carbonyl (C=O) groups is 2. The predicted octanol–water partition coefficient (Wildman–Crippen LogP) is 4.16. The van der Waals surface area contributed by atoms with E-state index in [9.17, 15) is 18.0 Å². The zero-order chi connectivity index (χ0) is 26.0. The van der Waals surface area contributed by atoms with Gasteiger partial charge in [0.05, 0.1) is 23.6 Å². The monoisotopic (exact) mass is 515 g/mol. The van der Waals surface area contributed by atoms with Crippen LogP contribution in [0.3, 0.4) is 0 Å². The van der Waals surface area contributed by atoms with Gasteiger partial charge in [-0.1, -0.05) is 36.4 Å². The minimum absolute atomic E-state index is 0.0508. The summed E-state index contributed by atoms with van der Waals surface area (Å²) in [6.45, 7) is 2.24. The van der Waals surface area contributed by atoms with E-state index in [2.05, 4.69) is 4.98 Å². The number of ether oxygens (including phenoxy) is 1. The highest BCUT2D eigenvalue weighted by Crippen LogP contribution is 2.32. The van der Waals surface area contributed by atoms with Crippen molar-refractivity contribution < 1.29 is 22.7 Å². The van der Waals surface area contributed by atoms with Crippen molar-refractivity contribution in [2.75, 3.05) is 11.5 Å². The molecule has 2 heterocycles. The normalized spacial score (nSPS) is 16.1. The Balaban J connectivity index is 1.53. The van der Waals surface area contributed by atoms with Crippen molar-refractivity contribution in [3.8, 4) is 5.75 Å². The molecule has 1 aliphatic heterocycles. The largest absolute Gasteiger partial charge is 0.494 e. The van der Waals surface area contributed by atoms with Gasteiger partial charge in [0, 0.05) is 18.9 Å². The average molecular weight is 516 g/mol. The zero-order valence-electron chi connectivity index (χ0n) is 20.2. The maximum atomic E-state index is 14.0. The highest BCUT2D eigenvalue weighted by molar-refractivity contribution is 7.89. The molecule has 1 aromatic heterocycles. The van der Waals surface area contributed by atoms with E-state index in [1.54, 1.807) is 60.9 Å². The molecule has 0 bridgehead atoms. The lowest BCUT2D eigenvalue weighted by molar-refractivity contribution is -0.122. The van der Waals surface area contributed by atoms with E-state index in [0.29, 0.717) is 23.6 Å². The van der Waals surface area contributed by atoms with Crippen LogP contribution in [0.4, 0.5) is 5.69 Å². The molecule has 9 heteroatoms. The van der Waals surface area contributed by atoms with E-state index in [0.717, 1.165) is 20.0 Å². The van der Waals surface area contributed by atoms with Gasteiger partial charge in [0.1, 0.15) is 11.8 Å². The van der Waals surface area contributed by atoms with Gasteiger partial charge in [0.25, 0.3) is 5.91 Å². The maximum absolute atomic E-state index is 14.0. The van der Waals surface area contributed by atoms with Crippen molar-refractivity contribution >= 4 is 38.3 Å². The first kappa shape index (κ1) is 24.6. The molecule has 0 spiro atoms. The first-order chi connectivity index (χ1) is 17.9. The summed E-state index contributed by atoms with van der Waals surface area (Å²) < 4.78 is 34.5. The van der Waals surface area contributed by atoms with E-state index in [4.69, 9.17) is 4.74 Å². The lowest BCUT2D eigenvalue weighted by atomic mass is 10.1. The number of carbonyl (C=O) groups excluding carboxylic acids is 2. The molecule has 1 saturated heterocycles. The molecule has 5 rings (SSSR count). The fourth-order valence-electron chi connectivity index (χ4n) is 4.47. The van der Waals surface area contributed by atoms with Gasteiger partial charge in [-0.15, -0.1) is 0 Å². The molecule has 0 aliphatic carbocycles. The van der Waals surface area contributed by atoms with Gasteiger partial charge < -0.3 is 4.74 Å². The molecule has 2 amide bonds. The first-order valence-electron chi connectivity index (χ1n) is 11.9. The number of rotatable bonds is 8. The van der Waals surface area contributed by atoms with Crippen LogP contribution in [0.5, 0.6) is 5.75 Å². The Morgan fingerprint density at radius 1 is 0.973 bits per heavy atom. The average Bonchev–Trinajstić information content (AvgIpc) is 3.21. The molecular formula is C28H25N3O5S. The Bertz CT molecular complexity index is 1560. The number of hydrogen-bond acceptors (Lipinski definition) is 6. The summed E-state index contributed by atoms with van der Waals surface area (Å²) in [6, 6.07) is 21.1. The molecule has 188 valence electrons. The number of benzene rings is 3. The molecule has 1 unspecified atom stereocenters. The molecule has 3 aromatic carbocycles. The van der Waals surface area contributed by atoms with E-state index in [1.165, 1.54) is 6.07 Å². The van der Waals surface area contributed by atoms with E-state index >= 15 is 0 Å². The summed E-state index contributed by atoms with van der Waals surface area (Å²) in [4.78, 5) is 31.8. The van der Waals surface area contributed by atoms with Crippen LogP contribution in [0.15, 0.2) is 96.2 Å². The van der Waals surface area contributed by atoms with Gasteiger partial charge in [-0.25, -0.2) is 13.3 Å². The lowest BCUT2D eigenvalue weighted by Gasteiger charge is -2.27. The van der Waals surface area contributed by atoms with Gasteiger partial charge in [0.15, 0.2) is 0 Å². The van der Waals surface area contributed by atoms with E-state index in [-0.39, 0.29) is 17.9 Å². The molecule has 1 aliphatic rings. The molecule has 37 heavy (non-hydrogen) atoms. The number of nitrogens with zero attached hydrogens (tertiary/aromatic N) is 3. The van der Waals surface area contributed by atoms with Gasteiger partial charge >= 0.3 is 0 Å². The summed E-state index contributed by atoms with van der Waals surface area (Å²) in [7, 11) is -4.16. The second-order valence-electron chi connectivity index (χ2n) is 8.63. The van der Waals surface area contributed by atoms with Crippen LogP contribution in [-0.2, 0) is 26.2 Å². The van der Waals surface area contributed by atoms with Gasteiger partial charge in [-0.2, -0.15) is 4.31 Å². The molecule has 0 radical (unpaired) electrons. The van der Waals surface area contributed by atoms with Crippen molar-refractivity contribution in [3.63, 3.8) is 0 Å². The van der Waals surface area contributed by atoms with E-state index in [1.807, 2.05) is 31.2 Å². The number of amides is 2. The lowest BCUT2D eigenvalue weighted by Crippen LogP contribution is -2.45. The third-order valence-corrected chi connectivity index (χ3v) is 8.12. The number of aromatic nitrogens is 1. The Morgan fingerprint density at radius 2 is 1.73 bits per heavy atom. The second kappa shape index (κ2) is 10.1. The van der Waals surface area contributed by atoms with Crippen molar-refractivity contribution in [3.05, 3.63) is 96.8 Å². The van der Waals surface area contributed by atoms with E-state index < -0.39 is 27.9 Å². The molecule has 1 fully saturated rings. The van der Waals surface area contributed by atoms with Crippen LogP contribution >= 0.6 is 0 Å². The standard InChI is InChI=1S/C28H25N3O5S/c1-2-36-24-12-10-23(11-13-24)31-27(32)17-26(28(31)33)30(19-20-6-5-15-29-18-20)37(34,35)25-14-9-21-7-3-4-8-22(21)16-25/h3-16,18,26H,2,17,19H2,1H3. The number of imide groups is 1. The maximum Gasteiger partial charge on any atom is 0.252 e. The number of sulfonamides is 1. The third-order valence-electron chi connectivity index (χ3n) is 6.27. The zero-order valence-corrected chi connectivity index (χ0v) is 21.0. The number of anilines is 1. The number of pyridine rings is 1.